The molecule has 25 heavy (non-hydrogen) atoms. The number of nitrogens with zero attached hydrogens (tertiary/aromatic N) is 1. The van der Waals surface area contributed by atoms with Gasteiger partial charge in [-0.15, -0.1) is 0 Å². The lowest BCUT2D eigenvalue weighted by Gasteiger charge is -2.16. The number of carbonyl (C=O) groups excluding carboxylic acids is 1. The van der Waals surface area contributed by atoms with E-state index in [9.17, 15) is 13.2 Å². The summed E-state index contributed by atoms with van der Waals surface area (Å²) in [7, 11) is -3.86. The lowest BCUT2D eigenvalue weighted by Crippen LogP contribution is -2.34. The van der Waals surface area contributed by atoms with Gasteiger partial charge in [0.2, 0.25) is 10.0 Å². The topological polar surface area (TPSA) is 76.1 Å². The molecule has 1 unspecified atom stereocenters. The van der Waals surface area contributed by atoms with E-state index in [4.69, 9.17) is 0 Å². The molecular formula is C18H18N2O3S2. The standard InChI is InChI=1S/C18H18N2O3S2/c1-3-16(13-7-5-4-6-8-13)25(22,23)20-18(21)17-14-11-12(2)9-10-15(14)24-19-17/h4-11,16H,3H2,1-2H3,(H,20,21). The van der Waals surface area contributed by atoms with Gasteiger partial charge in [0.1, 0.15) is 5.25 Å². The van der Waals surface area contributed by atoms with Crippen molar-refractivity contribution < 1.29 is 13.2 Å². The molecule has 0 saturated heterocycles. The fraction of sp³-hybridized carbons (Fsp3) is 0.222. The first-order valence-corrected chi connectivity index (χ1v) is 10.2. The Morgan fingerprint density at radius 3 is 2.60 bits per heavy atom. The van der Waals surface area contributed by atoms with Gasteiger partial charge in [0, 0.05) is 5.39 Å². The molecule has 3 aromatic rings. The molecule has 1 aromatic heterocycles. The molecule has 130 valence electrons. The fourth-order valence-corrected chi connectivity index (χ4v) is 4.97. The van der Waals surface area contributed by atoms with Crippen LogP contribution in [0.2, 0.25) is 0 Å². The van der Waals surface area contributed by atoms with Crippen LogP contribution in [-0.2, 0) is 10.0 Å². The summed E-state index contributed by atoms with van der Waals surface area (Å²) in [5.41, 5.74) is 1.79. The van der Waals surface area contributed by atoms with Gasteiger partial charge in [-0.1, -0.05) is 48.9 Å². The summed E-state index contributed by atoms with van der Waals surface area (Å²) in [5, 5.41) is -0.116. The van der Waals surface area contributed by atoms with Crippen LogP contribution in [-0.4, -0.2) is 18.7 Å². The maximum atomic E-state index is 12.7. The van der Waals surface area contributed by atoms with Crippen molar-refractivity contribution >= 4 is 37.5 Å². The molecule has 1 amide bonds. The maximum Gasteiger partial charge on any atom is 0.285 e. The second kappa shape index (κ2) is 6.93. The molecule has 0 aliphatic carbocycles. The molecule has 0 aliphatic rings. The van der Waals surface area contributed by atoms with Crippen LogP contribution in [0.4, 0.5) is 0 Å². The second-order valence-corrected chi connectivity index (χ2v) is 8.48. The van der Waals surface area contributed by atoms with Crippen LogP contribution < -0.4 is 4.72 Å². The Hall–Kier alpha value is -2.25. The zero-order valence-corrected chi connectivity index (χ0v) is 15.5. The quantitative estimate of drug-likeness (QED) is 0.737. The maximum absolute atomic E-state index is 12.7. The van der Waals surface area contributed by atoms with E-state index in [0.29, 0.717) is 17.4 Å². The van der Waals surface area contributed by atoms with E-state index in [1.165, 1.54) is 11.5 Å². The number of aromatic nitrogens is 1. The van der Waals surface area contributed by atoms with Crippen molar-refractivity contribution in [1.29, 1.82) is 0 Å². The van der Waals surface area contributed by atoms with Gasteiger partial charge >= 0.3 is 0 Å². The number of hydrogen-bond donors (Lipinski definition) is 1. The van der Waals surface area contributed by atoms with Crippen molar-refractivity contribution in [3.63, 3.8) is 0 Å². The second-order valence-electron chi connectivity index (χ2n) is 5.81. The van der Waals surface area contributed by atoms with Gasteiger partial charge in [0.15, 0.2) is 5.69 Å². The number of hydrogen-bond acceptors (Lipinski definition) is 5. The molecule has 1 heterocycles. The average molecular weight is 374 g/mol. The molecule has 0 saturated carbocycles. The molecule has 0 fully saturated rings. The molecule has 1 atom stereocenters. The van der Waals surface area contributed by atoms with E-state index < -0.39 is 21.2 Å². The summed E-state index contributed by atoms with van der Waals surface area (Å²) in [6.07, 6.45) is 0.365. The van der Waals surface area contributed by atoms with Crippen LogP contribution in [0.3, 0.4) is 0 Å². The van der Waals surface area contributed by atoms with Crippen LogP contribution in [0.25, 0.3) is 10.1 Å². The lowest BCUT2D eigenvalue weighted by molar-refractivity contribution is 0.0979. The number of amides is 1. The molecular weight excluding hydrogens is 356 g/mol. The van der Waals surface area contributed by atoms with E-state index in [-0.39, 0.29) is 5.69 Å². The Bertz CT molecular complexity index is 1010. The number of nitrogens with one attached hydrogen (secondary N) is 1. The molecule has 0 bridgehead atoms. The van der Waals surface area contributed by atoms with Crippen molar-refractivity contribution in [3.8, 4) is 0 Å². The third-order valence-corrected chi connectivity index (χ3v) is 6.64. The molecule has 0 aliphatic heterocycles. The van der Waals surface area contributed by atoms with Crippen LogP contribution in [0.15, 0.2) is 48.5 Å². The van der Waals surface area contributed by atoms with Crippen molar-refractivity contribution in [2.24, 2.45) is 0 Å². The van der Waals surface area contributed by atoms with Crippen LogP contribution in [0.5, 0.6) is 0 Å². The van der Waals surface area contributed by atoms with Gasteiger partial charge < -0.3 is 0 Å². The predicted octanol–water partition coefficient (Wildman–Crippen LogP) is 3.82. The Kier molecular flexibility index (Phi) is 4.87. The molecule has 5 nitrogen and oxygen atoms in total. The normalized spacial score (nSPS) is 12.9. The minimum atomic E-state index is -3.86. The van der Waals surface area contributed by atoms with E-state index in [2.05, 4.69) is 9.10 Å². The monoisotopic (exact) mass is 374 g/mol. The SMILES string of the molecule is CCC(c1ccccc1)S(=O)(=O)NC(=O)c1nsc2ccc(C)cc12. The zero-order valence-electron chi connectivity index (χ0n) is 13.9. The number of carbonyl (C=O) groups is 1. The van der Waals surface area contributed by atoms with Gasteiger partial charge in [0.25, 0.3) is 5.91 Å². The van der Waals surface area contributed by atoms with E-state index in [1.807, 2.05) is 31.2 Å². The summed E-state index contributed by atoms with van der Waals surface area (Å²) >= 11 is 1.18. The molecule has 2 aromatic carbocycles. The minimum absolute atomic E-state index is 0.148. The molecule has 1 N–H and O–H groups in total. The van der Waals surface area contributed by atoms with Crippen molar-refractivity contribution in [2.45, 2.75) is 25.5 Å². The minimum Gasteiger partial charge on any atom is -0.266 e. The summed E-state index contributed by atoms with van der Waals surface area (Å²) in [6, 6.07) is 14.5. The number of benzene rings is 2. The van der Waals surface area contributed by atoms with Crippen molar-refractivity contribution in [3.05, 3.63) is 65.4 Å². The van der Waals surface area contributed by atoms with Crippen LogP contribution in [0.1, 0.15) is 40.2 Å². The molecule has 0 spiro atoms. The van der Waals surface area contributed by atoms with Crippen molar-refractivity contribution in [2.75, 3.05) is 0 Å². The molecule has 3 rings (SSSR count). The van der Waals surface area contributed by atoms with Gasteiger partial charge in [-0.3, -0.25) is 4.79 Å². The number of sulfonamides is 1. The summed E-state index contributed by atoms with van der Waals surface area (Å²) in [6.45, 7) is 3.70. The Labute approximate surface area is 150 Å². The first-order chi connectivity index (χ1) is 11.9. The third kappa shape index (κ3) is 3.57. The molecule has 7 heteroatoms. The number of fused-ring (bicyclic) bond motifs is 1. The average Bonchev–Trinajstić information content (AvgIpc) is 2.99. The largest absolute Gasteiger partial charge is 0.285 e. The fourth-order valence-electron chi connectivity index (χ4n) is 2.77. The highest BCUT2D eigenvalue weighted by molar-refractivity contribution is 7.90. The van der Waals surface area contributed by atoms with E-state index in [1.54, 1.807) is 31.2 Å². The lowest BCUT2D eigenvalue weighted by atomic mass is 10.1. The summed E-state index contributed by atoms with van der Waals surface area (Å²) < 4.78 is 32.6. The van der Waals surface area contributed by atoms with E-state index in [0.717, 1.165) is 10.3 Å². The highest BCUT2D eigenvalue weighted by atomic mass is 32.2. The van der Waals surface area contributed by atoms with Crippen molar-refractivity contribution in [1.82, 2.24) is 9.10 Å². The highest BCUT2D eigenvalue weighted by Gasteiger charge is 2.29. The first-order valence-electron chi connectivity index (χ1n) is 7.89. The Morgan fingerprint density at radius 1 is 1.20 bits per heavy atom. The van der Waals surface area contributed by atoms with E-state index >= 15 is 0 Å². The first kappa shape index (κ1) is 17.6. The van der Waals surface area contributed by atoms with Gasteiger partial charge in [-0.25, -0.2) is 13.1 Å². The van der Waals surface area contributed by atoms with Crippen LogP contribution >= 0.6 is 11.5 Å². The van der Waals surface area contributed by atoms with Crippen LogP contribution in [0, 0.1) is 6.92 Å². The Morgan fingerprint density at radius 2 is 1.92 bits per heavy atom. The zero-order chi connectivity index (χ0) is 18.0. The van der Waals surface area contributed by atoms with Gasteiger partial charge in [-0.05, 0) is 42.6 Å². The highest BCUT2D eigenvalue weighted by Crippen LogP contribution is 2.27. The summed E-state index contributed by atoms with van der Waals surface area (Å²) in [4.78, 5) is 12.6. The smallest absolute Gasteiger partial charge is 0.266 e. The number of aryl methyl sites for hydroxylation is 1. The Balaban J connectivity index is 1.91. The third-order valence-electron chi connectivity index (χ3n) is 3.99. The van der Waals surface area contributed by atoms with Gasteiger partial charge in [-0.2, -0.15) is 4.37 Å². The van der Waals surface area contributed by atoms with Gasteiger partial charge in [0.05, 0.1) is 4.70 Å². The summed E-state index contributed by atoms with van der Waals surface area (Å²) in [5.74, 6) is -0.689. The number of rotatable bonds is 5. The predicted molar refractivity (Wildman–Crippen MR) is 100 cm³/mol. The molecule has 0 radical (unpaired) electrons.